The van der Waals surface area contributed by atoms with E-state index in [1.807, 2.05) is 38.7 Å². The molecule has 1 atom stereocenters. The fraction of sp³-hybridized carbons (Fsp3) is 0.417. The van der Waals surface area contributed by atoms with Gasteiger partial charge in [-0.15, -0.1) is 0 Å². The minimum atomic E-state index is 0.0456. The zero-order valence-corrected chi connectivity index (χ0v) is 10.6. The Balaban J connectivity index is 2.49. The zero-order chi connectivity index (χ0) is 12.4. The number of aryl methyl sites for hydroxylation is 3. The van der Waals surface area contributed by atoms with E-state index in [0.717, 1.165) is 22.8 Å². The largest absolute Gasteiger partial charge is 0.336 e. The molecule has 0 aliphatic rings. The summed E-state index contributed by atoms with van der Waals surface area (Å²) in [5.74, 6) is 0.975. The van der Waals surface area contributed by atoms with Crippen molar-refractivity contribution in [3.63, 3.8) is 0 Å². The zero-order valence-electron chi connectivity index (χ0n) is 10.6. The van der Waals surface area contributed by atoms with E-state index in [9.17, 15) is 0 Å². The first kappa shape index (κ1) is 11.7. The molecule has 2 aromatic heterocycles. The lowest BCUT2D eigenvalue weighted by atomic mass is 10.0. The molecule has 1 unspecified atom stereocenters. The van der Waals surface area contributed by atoms with Crippen LogP contribution in [0, 0.1) is 13.8 Å². The van der Waals surface area contributed by atoms with Gasteiger partial charge in [-0.1, -0.05) is 0 Å². The maximum Gasteiger partial charge on any atom is 0.130 e. The number of imidazole rings is 1. The van der Waals surface area contributed by atoms with E-state index in [1.54, 1.807) is 6.20 Å². The maximum atomic E-state index is 4.39. The Morgan fingerprint density at radius 3 is 2.65 bits per heavy atom. The summed E-state index contributed by atoms with van der Waals surface area (Å²) in [4.78, 5) is 4.39. The standard InChI is InChI=1S/C12H17N5/c1-8-7-10(9(2)16-15-8)11(13-3)12-14-5-6-17(12)4/h5-7,11,13H,1-4H3. The van der Waals surface area contributed by atoms with E-state index >= 15 is 0 Å². The summed E-state index contributed by atoms with van der Waals surface area (Å²) in [7, 11) is 3.91. The predicted molar refractivity (Wildman–Crippen MR) is 65.6 cm³/mol. The van der Waals surface area contributed by atoms with Crippen LogP contribution in [0.2, 0.25) is 0 Å². The van der Waals surface area contributed by atoms with Gasteiger partial charge in [0.2, 0.25) is 0 Å². The summed E-state index contributed by atoms with van der Waals surface area (Å²) in [6.45, 7) is 3.91. The molecule has 0 saturated heterocycles. The van der Waals surface area contributed by atoms with Crippen LogP contribution in [0.1, 0.15) is 28.8 Å². The second kappa shape index (κ2) is 4.63. The fourth-order valence-electron chi connectivity index (χ4n) is 1.94. The number of aromatic nitrogens is 4. The Kier molecular flexibility index (Phi) is 3.19. The molecular weight excluding hydrogens is 214 g/mol. The highest BCUT2D eigenvalue weighted by Gasteiger charge is 2.19. The summed E-state index contributed by atoms with van der Waals surface area (Å²) >= 11 is 0. The molecular formula is C12H17N5. The van der Waals surface area contributed by atoms with Gasteiger partial charge in [0.1, 0.15) is 5.82 Å². The lowest BCUT2D eigenvalue weighted by Crippen LogP contribution is -2.22. The Morgan fingerprint density at radius 1 is 1.29 bits per heavy atom. The molecule has 2 rings (SSSR count). The van der Waals surface area contributed by atoms with Gasteiger partial charge in [-0.05, 0) is 27.0 Å². The molecule has 0 aliphatic heterocycles. The number of hydrogen-bond donors (Lipinski definition) is 1. The Labute approximate surface area is 101 Å². The second-order valence-corrected chi connectivity index (χ2v) is 4.14. The monoisotopic (exact) mass is 231 g/mol. The second-order valence-electron chi connectivity index (χ2n) is 4.14. The van der Waals surface area contributed by atoms with Crippen molar-refractivity contribution in [1.82, 2.24) is 25.1 Å². The van der Waals surface area contributed by atoms with Gasteiger partial charge in [0, 0.05) is 25.0 Å². The molecule has 0 bridgehead atoms. The van der Waals surface area contributed by atoms with Gasteiger partial charge in [0.15, 0.2) is 0 Å². The van der Waals surface area contributed by atoms with E-state index in [2.05, 4.69) is 26.6 Å². The molecule has 0 fully saturated rings. The summed E-state index contributed by atoms with van der Waals surface area (Å²) < 4.78 is 2.01. The van der Waals surface area contributed by atoms with Crippen molar-refractivity contribution >= 4 is 0 Å². The molecule has 1 N–H and O–H groups in total. The first-order valence-electron chi connectivity index (χ1n) is 5.58. The van der Waals surface area contributed by atoms with Gasteiger partial charge in [-0.3, -0.25) is 0 Å². The minimum absolute atomic E-state index is 0.0456. The first-order valence-corrected chi connectivity index (χ1v) is 5.58. The summed E-state index contributed by atoms with van der Waals surface area (Å²) in [5.41, 5.74) is 2.97. The highest BCUT2D eigenvalue weighted by molar-refractivity contribution is 5.28. The molecule has 5 nitrogen and oxygen atoms in total. The van der Waals surface area contributed by atoms with Gasteiger partial charge in [-0.2, -0.15) is 10.2 Å². The van der Waals surface area contributed by atoms with Gasteiger partial charge >= 0.3 is 0 Å². The molecule has 0 saturated carbocycles. The van der Waals surface area contributed by atoms with Crippen LogP contribution in [0.15, 0.2) is 18.5 Å². The van der Waals surface area contributed by atoms with Crippen molar-refractivity contribution in [2.45, 2.75) is 19.9 Å². The first-order chi connectivity index (χ1) is 8.13. The van der Waals surface area contributed by atoms with Crippen LogP contribution in [0.25, 0.3) is 0 Å². The van der Waals surface area contributed by atoms with Gasteiger partial charge in [0.05, 0.1) is 17.4 Å². The van der Waals surface area contributed by atoms with E-state index in [0.29, 0.717) is 0 Å². The Bertz CT molecular complexity index is 517. The van der Waals surface area contributed by atoms with Crippen LogP contribution in [-0.2, 0) is 7.05 Å². The highest BCUT2D eigenvalue weighted by atomic mass is 15.1. The van der Waals surface area contributed by atoms with E-state index in [-0.39, 0.29) is 6.04 Å². The lowest BCUT2D eigenvalue weighted by Gasteiger charge is -2.18. The van der Waals surface area contributed by atoms with E-state index in [1.165, 1.54) is 0 Å². The fourth-order valence-corrected chi connectivity index (χ4v) is 1.94. The molecule has 2 aromatic rings. The SMILES string of the molecule is CNC(c1cc(C)nnc1C)c1nccn1C. The topological polar surface area (TPSA) is 55.6 Å². The van der Waals surface area contributed by atoms with Crippen molar-refractivity contribution in [1.29, 1.82) is 0 Å². The Morgan fingerprint density at radius 2 is 2.06 bits per heavy atom. The quantitative estimate of drug-likeness (QED) is 0.860. The molecule has 0 amide bonds. The molecule has 2 heterocycles. The summed E-state index contributed by atoms with van der Waals surface area (Å²) in [5, 5.41) is 11.5. The average molecular weight is 231 g/mol. The van der Waals surface area contributed by atoms with Crippen molar-refractivity contribution < 1.29 is 0 Å². The van der Waals surface area contributed by atoms with Crippen LogP contribution in [0.3, 0.4) is 0 Å². The smallest absolute Gasteiger partial charge is 0.130 e. The maximum absolute atomic E-state index is 4.39. The van der Waals surface area contributed by atoms with Gasteiger partial charge in [0.25, 0.3) is 0 Å². The summed E-state index contributed by atoms with van der Waals surface area (Å²) in [6.07, 6.45) is 3.74. The van der Waals surface area contributed by atoms with Crippen LogP contribution < -0.4 is 5.32 Å². The predicted octanol–water partition coefficient (Wildman–Crippen LogP) is 1.14. The van der Waals surface area contributed by atoms with Crippen LogP contribution in [-0.4, -0.2) is 26.8 Å². The molecule has 5 heteroatoms. The number of nitrogens with one attached hydrogen (secondary N) is 1. The third-order valence-electron chi connectivity index (χ3n) is 2.86. The van der Waals surface area contributed by atoms with Gasteiger partial charge < -0.3 is 9.88 Å². The third kappa shape index (κ3) is 2.19. The molecule has 0 aliphatic carbocycles. The average Bonchev–Trinajstić information content (AvgIpc) is 2.71. The third-order valence-corrected chi connectivity index (χ3v) is 2.86. The van der Waals surface area contributed by atoms with Crippen LogP contribution in [0.5, 0.6) is 0 Å². The van der Waals surface area contributed by atoms with Crippen LogP contribution in [0.4, 0.5) is 0 Å². The van der Waals surface area contributed by atoms with Crippen molar-refractivity contribution in [3.05, 3.63) is 41.2 Å². The minimum Gasteiger partial charge on any atom is -0.336 e. The normalized spacial score (nSPS) is 12.7. The van der Waals surface area contributed by atoms with Crippen molar-refractivity contribution in [2.24, 2.45) is 7.05 Å². The van der Waals surface area contributed by atoms with Crippen molar-refractivity contribution in [3.8, 4) is 0 Å². The van der Waals surface area contributed by atoms with Gasteiger partial charge in [-0.25, -0.2) is 4.98 Å². The Hall–Kier alpha value is -1.75. The number of rotatable bonds is 3. The van der Waals surface area contributed by atoms with E-state index in [4.69, 9.17) is 0 Å². The van der Waals surface area contributed by atoms with E-state index < -0.39 is 0 Å². The highest BCUT2D eigenvalue weighted by Crippen LogP contribution is 2.22. The molecule has 17 heavy (non-hydrogen) atoms. The summed E-state index contributed by atoms with van der Waals surface area (Å²) in [6, 6.07) is 2.10. The van der Waals surface area contributed by atoms with Crippen molar-refractivity contribution in [2.75, 3.05) is 7.05 Å². The molecule has 90 valence electrons. The number of nitrogens with zero attached hydrogens (tertiary/aromatic N) is 4. The molecule has 0 spiro atoms. The number of hydrogen-bond acceptors (Lipinski definition) is 4. The molecule has 0 aromatic carbocycles. The molecule has 0 radical (unpaired) electrons. The lowest BCUT2D eigenvalue weighted by molar-refractivity contribution is 0.608. The van der Waals surface area contributed by atoms with Crippen LogP contribution >= 0.6 is 0 Å².